The quantitative estimate of drug-likeness (QED) is 0.175. The normalized spacial score (nSPS) is 11.6. The molecule has 2 heteroatoms. The fourth-order valence-corrected chi connectivity index (χ4v) is 7.70. The minimum absolute atomic E-state index is 0.867. The first-order valence-electron chi connectivity index (χ1n) is 17.1. The SMILES string of the molecule is c1cc(-c2ccccc2N(c2ccc3c(ccc4ccccc43)c2)c2cccc3c2oc2ccccc23)cc(-c2cccc3ccccc23)c1. The van der Waals surface area contributed by atoms with Gasteiger partial charge in [0.05, 0.1) is 11.4 Å². The summed E-state index contributed by atoms with van der Waals surface area (Å²) < 4.78 is 6.67. The van der Waals surface area contributed by atoms with Gasteiger partial charge in [-0.1, -0.05) is 152 Å². The highest BCUT2D eigenvalue weighted by Crippen LogP contribution is 2.46. The number of nitrogens with zero attached hydrogens (tertiary/aromatic N) is 1. The summed E-state index contributed by atoms with van der Waals surface area (Å²) in [6.07, 6.45) is 0. The molecule has 10 aromatic rings. The smallest absolute Gasteiger partial charge is 0.159 e. The van der Waals surface area contributed by atoms with Crippen LogP contribution < -0.4 is 4.90 Å². The Kier molecular flexibility index (Phi) is 6.53. The van der Waals surface area contributed by atoms with Crippen LogP contribution in [-0.4, -0.2) is 0 Å². The molecule has 0 bridgehead atoms. The summed E-state index contributed by atoms with van der Waals surface area (Å²) in [6.45, 7) is 0. The van der Waals surface area contributed by atoms with Crippen molar-refractivity contribution >= 4 is 71.3 Å². The van der Waals surface area contributed by atoms with Gasteiger partial charge in [0.15, 0.2) is 5.58 Å². The van der Waals surface area contributed by atoms with Crippen LogP contribution in [0, 0.1) is 0 Å². The lowest BCUT2D eigenvalue weighted by Crippen LogP contribution is -2.11. The summed E-state index contributed by atoms with van der Waals surface area (Å²) in [5, 5.41) is 9.65. The van der Waals surface area contributed by atoms with Gasteiger partial charge in [-0.05, 0) is 85.4 Å². The third-order valence-corrected chi connectivity index (χ3v) is 10.0. The van der Waals surface area contributed by atoms with E-state index in [0.717, 1.165) is 50.1 Å². The van der Waals surface area contributed by atoms with Crippen molar-refractivity contribution in [2.45, 2.75) is 0 Å². The first-order chi connectivity index (χ1) is 24.8. The highest BCUT2D eigenvalue weighted by Gasteiger charge is 2.22. The number of rotatable bonds is 5. The maximum absolute atomic E-state index is 6.67. The second kappa shape index (κ2) is 11.5. The number of hydrogen-bond donors (Lipinski definition) is 0. The molecule has 0 aliphatic rings. The summed E-state index contributed by atoms with van der Waals surface area (Å²) in [5.74, 6) is 0. The summed E-state index contributed by atoms with van der Waals surface area (Å²) in [7, 11) is 0. The molecule has 0 spiro atoms. The highest BCUT2D eigenvalue weighted by molar-refractivity contribution is 6.12. The Morgan fingerprint density at radius 3 is 1.82 bits per heavy atom. The first-order valence-corrected chi connectivity index (χ1v) is 17.1. The molecule has 0 N–H and O–H groups in total. The lowest BCUT2D eigenvalue weighted by atomic mass is 9.94. The van der Waals surface area contributed by atoms with Crippen molar-refractivity contribution in [2.24, 2.45) is 0 Å². The minimum Gasteiger partial charge on any atom is -0.454 e. The lowest BCUT2D eigenvalue weighted by Gasteiger charge is -2.28. The van der Waals surface area contributed by atoms with Gasteiger partial charge in [-0.2, -0.15) is 0 Å². The van der Waals surface area contributed by atoms with Crippen LogP contribution in [0.1, 0.15) is 0 Å². The largest absolute Gasteiger partial charge is 0.454 e. The zero-order valence-corrected chi connectivity index (χ0v) is 27.3. The van der Waals surface area contributed by atoms with Gasteiger partial charge in [-0.3, -0.25) is 0 Å². The minimum atomic E-state index is 0.867. The molecule has 2 nitrogen and oxygen atoms in total. The Morgan fingerprint density at radius 1 is 0.340 bits per heavy atom. The van der Waals surface area contributed by atoms with Crippen LogP contribution in [0.25, 0.3) is 76.5 Å². The van der Waals surface area contributed by atoms with E-state index in [4.69, 9.17) is 4.42 Å². The maximum Gasteiger partial charge on any atom is 0.159 e. The van der Waals surface area contributed by atoms with Gasteiger partial charge < -0.3 is 9.32 Å². The van der Waals surface area contributed by atoms with Crippen LogP contribution >= 0.6 is 0 Å². The van der Waals surface area contributed by atoms with Gasteiger partial charge in [-0.25, -0.2) is 0 Å². The molecule has 0 unspecified atom stereocenters. The second-order valence-electron chi connectivity index (χ2n) is 12.9. The van der Waals surface area contributed by atoms with Crippen molar-refractivity contribution in [3.05, 3.63) is 188 Å². The van der Waals surface area contributed by atoms with Crippen molar-refractivity contribution in [3.8, 4) is 22.3 Å². The van der Waals surface area contributed by atoms with E-state index < -0.39 is 0 Å². The Bertz CT molecular complexity index is 2890. The summed E-state index contributed by atoms with van der Waals surface area (Å²) in [6, 6.07) is 67.5. The molecule has 0 aliphatic heterocycles. The van der Waals surface area contributed by atoms with E-state index in [1.165, 1.54) is 43.4 Å². The third kappa shape index (κ3) is 4.57. The molecule has 1 aromatic heterocycles. The van der Waals surface area contributed by atoms with Gasteiger partial charge >= 0.3 is 0 Å². The number of fused-ring (bicyclic) bond motifs is 7. The van der Waals surface area contributed by atoms with Crippen molar-refractivity contribution in [2.75, 3.05) is 4.90 Å². The first kappa shape index (κ1) is 28.4. The molecule has 0 fully saturated rings. The average Bonchev–Trinajstić information content (AvgIpc) is 3.57. The Morgan fingerprint density at radius 2 is 0.920 bits per heavy atom. The van der Waals surface area contributed by atoms with E-state index >= 15 is 0 Å². The Labute approximate surface area is 290 Å². The summed E-state index contributed by atoms with van der Waals surface area (Å²) in [5.41, 5.74) is 9.61. The van der Waals surface area contributed by atoms with Crippen molar-refractivity contribution in [1.29, 1.82) is 0 Å². The average molecular weight is 638 g/mol. The molecular weight excluding hydrogens is 607 g/mol. The highest BCUT2D eigenvalue weighted by atomic mass is 16.3. The zero-order chi connectivity index (χ0) is 33.0. The third-order valence-electron chi connectivity index (χ3n) is 10.0. The van der Waals surface area contributed by atoms with Crippen LogP contribution in [0.15, 0.2) is 192 Å². The molecule has 0 radical (unpaired) electrons. The molecule has 1 heterocycles. The number of anilines is 3. The molecule has 0 amide bonds. The van der Waals surface area contributed by atoms with E-state index in [0.29, 0.717) is 0 Å². The van der Waals surface area contributed by atoms with Gasteiger partial charge in [0.25, 0.3) is 0 Å². The van der Waals surface area contributed by atoms with E-state index in [2.05, 4.69) is 187 Å². The maximum atomic E-state index is 6.67. The molecule has 0 aliphatic carbocycles. The fraction of sp³-hybridized carbons (Fsp3) is 0. The molecule has 9 aromatic carbocycles. The van der Waals surface area contributed by atoms with E-state index in [1.54, 1.807) is 0 Å². The Hall–Kier alpha value is -6.64. The van der Waals surface area contributed by atoms with Gasteiger partial charge in [0.2, 0.25) is 0 Å². The molecule has 0 saturated carbocycles. The van der Waals surface area contributed by atoms with E-state index in [-0.39, 0.29) is 0 Å². The van der Waals surface area contributed by atoms with Crippen LogP contribution in [0.3, 0.4) is 0 Å². The summed E-state index contributed by atoms with van der Waals surface area (Å²) >= 11 is 0. The molecule has 0 saturated heterocycles. The Balaban J connectivity index is 1.21. The number of furan rings is 1. The molecule has 10 rings (SSSR count). The number of hydrogen-bond acceptors (Lipinski definition) is 2. The van der Waals surface area contributed by atoms with Gasteiger partial charge in [-0.15, -0.1) is 0 Å². The predicted octanol–water partition coefficient (Wildman–Crippen LogP) is 13.8. The van der Waals surface area contributed by atoms with Crippen LogP contribution in [0.5, 0.6) is 0 Å². The molecule has 0 atom stereocenters. The number of para-hydroxylation sites is 3. The fourth-order valence-electron chi connectivity index (χ4n) is 7.70. The summed E-state index contributed by atoms with van der Waals surface area (Å²) in [4.78, 5) is 2.37. The number of benzene rings is 9. The monoisotopic (exact) mass is 637 g/mol. The van der Waals surface area contributed by atoms with Gasteiger partial charge in [0, 0.05) is 22.0 Å². The van der Waals surface area contributed by atoms with Crippen LogP contribution in [0.2, 0.25) is 0 Å². The van der Waals surface area contributed by atoms with Crippen molar-refractivity contribution in [3.63, 3.8) is 0 Å². The van der Waals surface area contributed by atoms with Crippen LogP contribution in [-0.2, 0) is 0 Å². The van der Waals surface area contributed by atoms with Crippen molar-refractivity contribution < 1.29 is 4.42 Å². The lowest BCUT2D eigenvalue weighted by molar-refractivity contribution is 0.669. The van der Waals surface area contributed by atoms with Gasteiger partial charge in [0.1, 0.15) is 5.58 Å². The van der Waals surface area contributed by atoms with Crippen molar-refractivity contribution in [1.82, 2.24) is 0 Å². The second-order valence-corrected chi connectivity index (χ2v) is 12.9. The van der Waals surface area contributed by atoms with Crippen LogP contribution in [0.4, 0.5) is 17.1 Å². The zero-order valence-electron chi connectivity index (χ0n) is 27.3. The molecular formula is C48H31NO. The standard InChI is InChI=1S/C48H31NO/c1-3-17-38-32(12-1)14-10-21-40(38)34-15-9-16-35(30-34)42-19-5-7-23-45(42)49(46-24-11-22-44-43-20-6-8-25-47(43)50-48(44)46)37-28-29-41-36(31-37)27-26-33-13-2-4-18-39(33)41/h1-31H. The molecule has 234 valence electrons. The molecule has 50 heavy (non-hydrogen) atoms. The predicted molar refractivity (Wildman–Crippen MR) is 212 cm³/mol. The van der Waals surface area contributed by atoms with E-state index in [9.17, 15) is 0 Å². The topological polar surface area (TPSA) is 16.4 Å². The van der Waals surface area contributed by atoms with E-state index in [1.807, 2.05) is 6.07 Å².